The lowest BCUT2D eigenvalue weighted by atomic mass is 9.77. The van der Waals surface area contributed by atoms with Crippen molar-refractivity contribution in [2.45, 2.75) is 64.7 Å². The Hall–Kier alpha value is -1.13. The minimum absolute atomic E-state index is 0.0402. The predicted octanol–water partition coefficient (Wildman–Crippen LogP) is 7.21. The van der Waals surface area contributed by atoms with Crippen LogP contribution in [0.15, 0.2) is 24.3 Å². The van der Waals surface area contributed by atoms with E-state index >= 15 is 0 Å². The Morgan fingerprint density at radius 2 is 1.92 bits per heavy atom. The molecule has 0 spiro atoms. The standard InChI is InChI=1S/C22H27FOS2/c1-3-5-14-6-8-16(9-7-14)17-10-11-19-18(13-17)12-15(4-2)21(20(19)23)24-22(25)26/h10-14,16H,3-9H2,1-2H3,(H,25,26). The first-order valence-electron chi connectivity index (χ1n) is 9.69. The molecule has 0 amide bonds. The normalized spacial score (nSPS) is 20.3. The van der Waals surface area contributed by atoms with Gasteiger partial charge in [0.25, 0.3) is 0 Å². The monoisotopic (exact) mass is 390 g/mol. The average molecular weight is 391 g/mol. The molecular weight excluding hydrogens is 363 g/mol. The molecule has 2 aromatic rings. The largest absolute Gasteiger partial charge is 0.437 e. The summed E-state index contributed by atoms with van der Waals surface area (Å²) in [6, 6.07) is 8.19. The number of aryl methyl sites for hydroxylation is 1. The summed E-state index contributed by atoms with van der Waals surface area (Å²) in [5.74, 6) is 1.37. The molecule has 2 aromatic carbocycles. The number of rotatable bonds is 5. The average Bonchev–Trinajstić information content (AvgIpc) is 2.64. The minimum Gasteiger partial charge on any atom is -0.437 e. The first-order valence-corrected chi connectivity index (χ1v) is 10.5. The predicted molar refractivity (Wildman–Crippen MR) is 115 cm³/mol. The first kappa shape index (κ1) is 19.6. The number of ether oxygens (including phenoxy) is 1. The van der Waals surface area contributed by atoms with Crippen molar-refractivity contribution in [3.05, 3.63) is 41.2 Å². The highest BCUT2D eigenvalue weighted by molar-refractivity contribution is 8.10. The van der Waals surface area contributed by atoms with Crippen LogP contribution in [0.25, 0.3) is 10.8 Å². The van der Waals surface area contributed by atoms with Crippen LogP contribution in [-0.4, -0.2) is 4.38 Å². The summed E-state index contributed by atoms with van der Waals surface area (Å²) >= 11 is 8.86. The Labute approximate surface area is 166 Å². The van der Waals surface area contributed by atoms with Crippen molar-refractivity contribution in [1.29, 1.82) is 0 Å². The van der Waals surface area contributed by atoms with E-state index < -0.39 is 0 Å². The zero-order valence-electron chi connectivity index (χ0n) is 15.6. The van der Waals surface area contributed by atoms with Gasteiger partial charge in [-0.25, -0.2) is 4.39 Å². The molecule has 0 aliphatic heterocycles. The van der Waals surface area contributed by atoms with Gasteiger partial charge >= 0.3 is 0 Å². The highest BCUT2D eigenvalue weighted by Gasteiger charge is 2.23. The second-order valence-electron chi connectivity index (χ2n) is 7.39. The van der Waals surface area contributed by atoms with E-state index in [2.05, 4.69) is 31.7 Å². The quantitative estimate of drug-likeness (QED) is 0.427. The number of thiocarbonyl (C=S) groups is 1. The molecule has 1 nitrogen and oxygen atoms in total. The summed E-state index contributed by atoms with van der Waals surface area (Å²) in [4.78, 5) is 0. The number of hydrogen-bond donors (Lipinski definition) is 1. The third-order valence-electron chi connectivity index (χ3n) is 5.72. The Morgan fingerprint density at radius 1 is 1.19 bits per heavy atom. The van der Waals surface area contributed by atoms with Gasteiger partial charge in [0, 0.05) is 5.39 Å². The van der Waals surface area contributed by atoms with Crippen LogP contribution >= 0.6 is 24.8 Å². The molecule has 0 unspecified atom stereocenters. The molecule has 1 saturated carbocycles. The van der Waals surface area contributed by atoms with Crippen molar-refractivity contribution in [3.63, 3.8) is 0 Å². The van der Waals surface area contributed by atoms with Crippen LogP contribution in [0.1, 0.15) is 69.4 Å². The second kappa shape index (κ2) is 8.71. The maximum absolute atomic E-state index is 15.0. The summed E-state index contributed by atoms with van der Waals surface area (Å²) in [6.07, 6.45) is 8.44. The third kappa shape index (κ3) is 4.23. The molecule has 0 bridgehead atoms. The fraction of sp³-hybridized carbons (Fsp3) is 0.500. The Kier molecular flexibility index (Phi) is 6.57. The fourth-order valence-electron chi connectivity index (χ4n) is 4.32. The van der Waals surface area contributed by atoms with Crippen LogP contribution < -0.4 is 4.74 Å². The molecule has 0 atom stereocenters. The molecular formula is C22H27FOS2. The summed E-state index contributed by atoms with van der Waals surface area (Å²) in [7, 11) is 0. The molecule has 4 heteroatoms. The number of halogens is 1. The van der Waals surface area contributed by atoms with Gasteiger partial charge in [-0.15, -0.1) is 0 Å². The van der Waals surface area contributed by atoms with Crippen LogP contribution in [-0.2, 0) is 6.42 Å². The van der Waals surface area contributed by atoms with Crippen molar-refractivity contribution in [3.8, 4) is 5.75 Å². The molecule has 0 N–H and O–H groups in total. The Balaban J connectivity index is 1.90. The van der Waals surface area contributed by atoms with E-state index in [0.717, 1.165) is 16.9 Å². The van der Waals surface area contributed by atoms with Crippen LogP contribution in [0.4, 0.5) is 4.39 Å². The molecule has 1 aliphatic rings. The van der Waals surface area contributed by atoms with Crippen molar-refractivity contribution >= 4 is 40.0 Å². The molecule has 0 radical (unpaired) electrons. The molecule has 0 heterocycles. The highest BCUT2D eigenvalue weighted by atomic mass is 32.1. The van der Waals surface area contributed by atoms with Gasteiger partial charge in [0.15, 0.2) is 11.6 Å². The number of thiol groups is 1. The van der Waals surface area contributed by atoms with E-state index in [1.165, 1.54) is 44.1 Å². The van der Waals surface area contributed by atoms with Crippen molar-refractivity contribution < 1.29 is 9.13 Å². The lowest BCUT2D eigenvalue weighted by Crippen LogP contribution is -2.13. The Bertz CT molecular complexity index is 794. The van der Waals surface area contributed by atoms with Crippen molar-refractivity contribution in [2.75, 3.05) is 0 Å². The summed E-state index contributed by atoms with van der Waals surface area (Å²) in [6.45, 7) is 4.27. The van der Waals surface area contributed by atoms with Gasteiger partial charge in [-0.05, 0) is 78.7 Å². The van der Waals surface area contributed by atoms with Crippen molar-refractivity contribution in [2.24, 2.45) is 5.92 Å². The fourth-order valence-corrected chi connectivity index (χ4v) is 4.50. The van der Waals surface area contributed by atoms with Crippen LogP contribution in [0, 0.1) is 11.7 Å². The van der Waals surface area contributed by atoms with Gasteiger partial charge < -0.3 is 4.74 Å². The SMILES string of the molecule is CCCC1CCC(c2ccc3c(F)c(OC(=S)S)c(CC)cc3c2)CC1. The van der Waals surface area contributed by atoms with Crippen molar-refractivity contribution in [1.82, 2.24) is 0 Å². The van der Waals surface area contributed by atoms with Gasteiger partial charge in [0.2, 0.25) is 4.38 Å². The summed E-state index contributed by atoms with van der Waals surface area (Å²) < 4.78 is 20.4. The molecule has 26 heavy (non-hydrogen) atoms. The van der Waals surface area contributed by atoms with Crippen LogP contribution in [0.3, 0.4) is 0 Å². The van der Waals surface area contributed by atoms with Gasteiger partial charge in [-0.3, -0.25) is 0 Å². The maximum atomic E-state index is 15.0. The summed E-state index contributed by atoms with van der Waals surface area (Å²) in [5, 5.41) is 1.54. The molecule has 1 aliphatic carbocycles. The topological polar surface area (TPSA) is 9.23 Å². The molecule has 0 saturated heterocycles. The van der Waals surface area contributed by atoms with E-state index in [-0.39, 0.29) is 15.9 Å². The van der Waals surface area contributed by atoms with E-state index in [9.17, 15) is 4.39 Å². The lowest BCUT2D eigenvalue weighted by Gasteiger charge is -2.29. The lowest BCUT2D eigenvalue weighted by molar-refractivity contribution is 0.308. The maximum Gasteiger partial charge on any atom is 0.222 e. The highest BCUT2D eigenvalue weighted by Crippen LogP contribution is 2.39. The minimum atomic E-state index is -0.339. The molecule has 140 valence electrons. The van der Waals surface area contributed by atoms with Gasteiger partial charge in [-0.2, -0.15) is 0 Å². The van der Waals surface area contributed by atoms with Gasteiger partial charge in [0.1, 0.15) is 0 Å². The zero-order chi connectivity index (χ0) is 18.7. The second-order valence-corrected chi connectivity index (χ2v) is 8.47. The third-order valence-corrected chi connectivity index (χ3v) is 5.89. The molecule has 1 fully saturated rings. The molecule has 3 rings (SSSR count). The number of fused-ring (bicyclic) bond motifs is 1. The first-order chi connectivity index (χ1) is 12.5. The zero-order valence-corrected chi connectivity index (χ0v) is 17.3. The smallest absolute Gasteiger partial charge is 0.222 e. The molecule has 0 aromatic heterocycles. The number of hydrogen-bond acceptors (Lipinski definition) is 2. The van der Waals surface area contributed by atoms with E-state index in [1.54, 1.807) is 0 Å². The van der Waals surface area contributed by atoms with E-state index in [4.69, 9.17) is 17.0 Å². The van der Waals surface area contributed by atoms with E-state index in [0.29, 0.717) is 17.7 Å². The van der Waals surface area contributed by atoms with E-state index in [1.807, 2.05) is 19.1 Å². The van der Waals surface area contributed by atoms with Gasteiger partial charge in [0.05, 0.1) is 0 Å². The van der Waals surface area contributed by atoms with Crippen LogP contribution in [0.5, 0.6) is 5.75 Å². The van der Waals surface area contributed by atoms with Gasteiger partial charge in [-0.1, -0.05) is 57.5 Å². The summed E-state index contributed by atoms with van der Waals surface area (Å²) in [5.41, 5.74) is 2.17. The Morgan fingerprint density at radius 3 is 2.54 bits per heavy atom. The van der Waals surface area contributed by atoms with Crippen LogP contribution in [0.2, 0.25) is 0 Å². The number of benzene rings is 2.